The summed E-state index contributed by atoms with van der Waals surface area (Å²) in [5, 5.41) is 0. The van der Waals surface area contributed by atoms with Gasteiger partial charge in [0.05, 0.1) is 5.92 Å². The third-order valence-electron chi connectivity index (χ3n) is 7.82. The van der Waals surface area contributed by atoms with E-state index in [-0.39, 0.29) is 5.92 Å². The molecule has 2 saturated heterocycles. The van der Waals surface area contributed by atoms with Gasteiger partial charge in [0, 0.05) is 32.7 Å². The summed E-state index contributed by atoms with van der Waals surface area (Å²) in [6, 6.07) is 11.5. The van der Waals surface area contributed by atoms with Crippen LogP contribution in [0.15, 0.2) is 30.3 Å². The minimum atomic E-state index is 0.223. The Morgan fingerprint density at radius 1 is 0.967 bits per heavy atom. The topological polar surface area (TPSA) is 26.8 Å². The Morgan fingerprint density at radius 3 is 2.43 bits per heavy atom. The highest BCUT2D eigenvalue weighted by Gasteiger charge is 2.33. The molecule has 1 aromatic carbocycles. The lowest BCUT2D eigenvalue weighted by atomic mass is 9.92. The molecule has 1 aliphatic carbocycles. The Labute approximate surface area is 183 Å². The number of hydrogen-bond acceptors (Lipinski definition) is 3. The van der Waals surface area contributed by atoms with Crippen molar-refractivity contribution < 1.29 is 4.79 Å². The van der Waals surface area contributed by atoms with E-state index in [4.69, 9.17) is 0 Å². The number of benzene rings is 1. The van der Waals surface area contributed by atoms with Gasteiger partial charge in [-0.1, -0.05) is 43.2 Å². The second-order valence-electron chi connectivity index (χ2n) is 10.0. The Bertz CT molecular complexity index is 650. The molecular formula is C26H41N3O. The molecule has 3 fully saturated rings. The summed E-state index contributed by atoms with van der Waals surface area (Å²) < 4.78 is 0. The summed E-state index contributed by atoms with van der Waals surface area (Å²) in [4.78, 5) is 20.4. The summed E-state index contributed by atoms with van der Waals surface area (Å²) in [6.07, 6.45) is 11.3. The number of piperidine rings is 2. The lowest BCUT2D eigenvalue weighted by Gasteiger charge is -2.42. The lowest BCUT2D eigenvalue weighted by molar-refractivity contribution is -0.137. The first-order valence-electron chi connectivity index (χ1n) is 12.4. The van der Waals surface area contributed by atoms with Gasteiger partial charge in [0.15, 0.2) is 0 Å². The van der Waals surface area contributed by atoms with E-state index in [1.165, 1.54) is 76.7 Å². The molecule has 30 heavy (non-hydrogen) atoms. The first kappa shape index (κ1) is 21.8. The first-order chi connectivity index (χ1) is 14.7. The van der Waals surface area contributed by atoms with Gasteiger partial charge in [-0.2, -0.15) is 0 Å². The average Bonchev–Trinajstić information content (AvgIpc) is 3.31. The van der Waals surface area contributed by atoms with E-state index >= 15 is 0 Å². The lowest BCUT2D eigenvalue weighted by Crippen LogP contribution is -2.51. The number of rotatable bonds is 7. The zero-order valence-corrected chi connectivity index (χ0v) is 19.0. The molecule has 4 rings (SSSR count). The number of hydrogen-bond donors (Lipinski definition) is 0. The number of carbonyl (C=O) groups is 1. The molecule has 0 spiro atoms. The number of nitrogens with zero attached hydrogens (tertiary/aromatic N) is 3. The fourth-order valence-corrected chi connectivity index (χ4v) is 5.96. The third-order valence-corrected chi connectivity index (χ3v) is 7.82. The molecule has 0 N–H and O–H groups in total. The number of likely N-dealkylation sites (tertiary alicyclic amines) is 2. The van der Waals surface area contributed by atoms with Gasteiger partial charge in [-0.25, -0.2) is 0 Å². The molecule has 166 valence electrons. The maximum atomic E-state index is 13.1. The minimum absolute atomic E-state index is 0.223. The van der Waals surface area contributed by atoms with Gasteiger partial charge in [0.25, 0.3) is 0 Å². The molecule has 4 nitrogen and oxygen atoms in total. The fraction of sp³-hybridized carbons (Fsp3) is 0.731. The van der Waals surface area contributed by atoms with Crippen LogP contribution in [0.4, 0.5) is 0 Å². The van der Waals surface area contributed by atoms with Crippen LogP contribution in [0.2, 0.25) is 0 Å². The predicted molar refractivity (Wildman–Crippen MR) is 124 cm³/mol. The first-order valence-corrected chi connectivity index (χ1v) is 12.4. The molecule has 1 aromatic rings. The zero-order chi connectivity index (χ0) is 20.8. The molecule has 0 unspecified atom stereocenters. The second-order valence-corrected chi connectivity index (χ2v) is 10.0. The highest BCUT2D eigenvalue weighted by atomic mass is 16.2. The van der Waals surface area contributed by atoms with Crippen LogP contribution in [-0.2, 0) is 11.2 Å². The fourth-order valence-electron chi connectivity index (χ4n) is 5.96. The van der Waals surface area contributed by atoms with E-state index < -0.39 is 0 Å². The summed E-state index contributed by atoms with van der Waals surface area (Å²) >= 11 is 0. The van der Waals surface area contributed by atoms with Crippen LogP contribution >= 0.6 is 0 Å². The highest BCUT2D eigenvalue weighted by molar-refractivity contribution is 5.79. The van der Waals surface area contributed by atoms with Gasteiger partial charge in [0.2, 0.25) is 5.91 Å². The molecule has 1 amide bonds. The van der Waals surface area contributed by atoms with Gasteiger partial charge in [-0.3, -0.25) is 9.69 Å². The van der Waals surface area contributed by atoms with Crippen molar-refractivity contribution >= 4 is 5.91 Å². The standard InChI is InChI=1S/C26H41N3O/c1-27(20-23-10-5-6-11-23)26(30)24-12-7-16-29(21-24)25-14-18-28(19-15-25)17-13-22-8-3-2-4-9-22/h2-4,8-9,23-25H,5-7,10-21H2,1H3/t24-/m0/s1. The number of amides is 1. The van der Waals surface area contributed by atoms with Crippen LogP contribution < -0.4 is 0 Å². The van der Waals surface area contributed by atoms with Crippen molar-refractivity contribution in [3.63, 3.8) is 0 Å². The van der Waals surface area contributed by atoms with E-state index in [1.807, 2.05) is 7.05 Å². The summed E-state index contributed by atoms with van der Waals surface area (Å²) in [7, 11) is 2.05. The highest BCUT2D eigenvalue weighted by Crippen LogP contribution is 2.28. The molecule has 2 aliphatic heterocycles. The monoisotopic (exact) mass is 411 g/mol. The van der Waals surface area contributed by atoms with Crippen molar-refractivity contribution in [1.82, 2.24) is 14.7 Å². The number of carbonyl (C=O) groups excluding carboxylic acids is 1. The molecular weight excluding hydrogens is 370 g/mol. The van der Waals surface area contributed by atoms with E-state index in [0.717, 1.165) is 31.8 Å². The van der Waals surface area contributed by atoms with E-state index in [1.54, 1.807) is 0 Å². The van der Waals surface area contributed by atoms with E-state index in [2.05, 4.69) is 45.0 Å². The van der Waals surface area contributed by atoms with E-state index in [9.17, 15) is 4.79 Å². The molecule has 3 aliphatic rings. The maximum Gasteiger partial charge on any atom is 0.226 e. The van der Waals surface area contributed by atoms with Crippen molar-refractivity contribution in [2.45, 2.75) is 63.8 Å². The Hall–Kier alpha value is -1.39. The maximum absolute atomic E-state index is 13.1. The molecule has 0 bridgehead atoms. The average molecular weight is 412 g/mol. The normalized spacial score (nSPS) is 24.9. The van der Waals surface area contributed by atoms with Crippen molar-refractivity contribution in [3.05, 3.63) is 35.9 Å². The molecule has 0 radical (unpaired) electrons. The quantitative estimate of drug-likeness (QED) is 0.677. The Balaban J connectivity index is 1.20. The molecule has 1 atom stereocenters. The van der Waals surface area contributed by atoms with Gasteiger partial charge in [0.1, 0.15) is 0 Å². The van der Waals surface area contributed by atoms with Crippen LogP contribution in [0.3, 0.4) is 0 Å². The van der Waals surface area contributed by atoms with Crippen molar-refractivity contribution in [3.8, 4) is 0 Å². The third kappa shape index (κ3) is 5.85. The minimum Gasteiger partial charge on any atom is -0.345 e. The van der Waals surface area contributed by atoms with Crippen LogP contribution in [0.25, 0.3) is 0 Å². The predicted octanol–water partition coefficient (Wildman–Crippen LogP) is 4.05. The molecule has 2 heterocycles. The summed E-state index contributed by atoms with van der Waals surface area (Å²) in [6.45, 7) is 6.73. The smallest absolute Gasteiger partial charge is 0.226 e. The van der Waals surface area contributed by atoms with Gasteiger partial charge in [-0.15, -0.1) is 0 Å². The molecule has 0 aromatic heterocycles. The molecule has 4 heteroatoms. The van der Waals surface area contributed by atoms with Crippen molar-refractivity contribution in [2.75, 3.05) is 46.3 Å². The van der Waals surface area contributed by atoms with Gasteiger partial charge < -0.3 is 9.80 Å². The SMILES string of the molecule is CN(CC1CCCC1)C(=O)[C@H]1CCCN(C2CCN(CCc3ccccc3)CC2)C1. The second kappa shape index (κ2) is 10.8. The van der Waals surface area contributed by atoms with Crippen LogP contribution in [0.1, 0.15) is 56.9 Å². The van der Waals surface area contributed by atoms with Crippen molar-refractivity contribution in [2.24, 2.45) is 11.8 Å². The van der Waals surface area contributed by atoms with Gasteiger partial charge >= 0.3 is 0 Å². The van der Waals surface area contributed by atoms with Crippen molar-refractivity contribution in [1.29, 1.82) is 0 Å². The summed E-state index contributed by atoms with van der Waals surface area (Å²) in [5.74, 6) is 1.38. The van der Waals surface area contributed by atoms with Gasteiger partial charge in [-0.05, 0) is 76.1 Å². The summed E-state index contributed by atoms with van der Waals surface area (Å²) in [5.41, 5.74) is 1.44. The van der Waals surface area contributed by atoms with Crippen LogP contribution in [-0.4, -0.2) is 73.0 Å². The molecule has 1 saturated carbocycles. The Kier molecular flexibility index (Phi) is 7.83. The van der Waals surface area contributed by atoms with Crippen LogP contribution in [0, 0.1) is 11.8 Å². The van der Waals surface area contributed by atoms with E-state index in [0.29, 0.717) is 11.9 Å². The zero-order valence-electron chi connectivity index (χ0n) is 19.0. The Morgan fingerprint density at radius 2 is 1.70 bits per heavy atom. The van der Waals surface area contributed by atoms with Crippen LogP contribution in [0.5, 0.6) is 0 Å². The largest absolute Gasteiger partial charge is 0.345 e.